The third-order valence-electron chi connectivity index (χ3n) is 4.80. The SMILES string of the molecule is CCOc1ccccc1C1N=C(N)Nc2nc3cc4c(cc3n21)OCCCO4. The minimum Gasteiger partial charge on any atom is -0.493 e. The molecule has 3 aromatic rings. The topological polar surface area (TPSA) is 95.9 Å². The fourth-order valence-corrected chi connectivity index (χ4v) is 3.61. The minimum atomic E-state index is -0.395. The van der Waals surface area contributed by atoms with E-state index in [1.165, 1.54) is 0 Å². The fraction of sp³-hybridized carbons (Fsp3) is 0.300. The Kier molecular flexibility index (Phi) is 3.96. The molecular weight excluding hydrogens is 358 g/mol. The number of nitrogens with one attached hydrogen (secondary N) is 1. The van der Waals surface area contributed by atoms with Crippen LogP contribution in [-0.4, -0.2) is 35.3 Å². The van der Waals surface area contributed by atoms with E-state index in [1.54, 1.807) is 0 Å². The lowest BCUT2D eigenvalue weighted by Gasteiger charge is -2.25. The molecule has 144 valence electrons. The summed E-state index contributed by atoms with van der Waals surface area (Å²) in [7, 11) is 0. The second-order valence-electron chi connectivity index (χ2n) is 6.63. The summed E-state index contributed by atoms with van der Waals surface area (Å²) in [5, 5.41) is 3.06. The van der Waals surface area contributed by atoms with Crippen molar-refractivity contribution in [2.75, 3.05) is 25.1 Å². The number of imidazole rings is 1. The van der Waals surface area contributed by atoms with Crippen molar-refractivity contribution in [1.82, 2.24) is 9.55 Å². The van der Waals surface area contributed by atoms with E-state index in [0.717, 1.165) is 28.8 Å². The van der Waals surface area contributed by atoms with Gasteiger partial charge in [0.05, 0.1) is 30.9 Å². The first-order valence-corrected chi connectivity index (χ1v) is 9.38. The molecule has 1 unspecified atom stereocenters. The predicted molar refractivity (Wildman–Crippen MR) is 106 cm³/mol. The van der Waals surface area contributed by atoms with E-state index in [4.69, 9.17) is 24.9 Å². The molecule has 2 aromatic carbocycles. The van der Waals surface area contributed by atoms with E-state index in [1.807, 2.05) is 47.9 Å². The monoisotopic (exact) mass is 379 g/mol. The van der Waals surface area contributed by atoms with Gasteiger partial charge in [0.25, 0.3) is 0 Å². The molecule has 0 spiro atoms. The third-order valence-corrected chi connectivity index (χ3v) is 4.80. The van der Waals surface area contributed by atoms with Gasteiger partial charge in [0.2, 0.25) is 5.95 Å². The highest BCUT2D eigenvalue weighted by Crippen LogP contribution is 2.40. The zero-order valence-electron chi connectivity index (χ0n) is 15.5. The highest BCUT2D eigenvalue weighted by Gasteiger charge is 2.28. The molecule has 0 amide bonds. The number of nitrogens with zero attached hydrogens (tertiary/aromatic N) is 3. The van der Waals surface area contributed by atoms with Crippen molar-refractivity contribution in [3.8, 4) is 17.2 Å². The van der Waals surface area contributed by atoms with Crippen LogP contribution in [0.15, 0.2) is 41.4 Å². The summed E-state index contributed by atoms with van der Waals surface area (Å²) in [4.78, 5) is 9.35. The summed E-state index contributed by atoms with van der Waals surface area (Å²) in [6, 6.07) is 11.7. The molecule has 8 heteroatoms. The second kappa shape index (κ2) is 6.63. The van der Waals surface area contributed by atoms with Crippen LogP contribution in [0.2, 0.25) is 0 Å². The predicted octanol–water partition coefficient (Wildman–Crippen LogP) is 2.88. The van der Waals surface area contributed by atoms with E-state index >= 15 is 0 Å². The first-order chi connectivity index (χ1) is 13.7. The molecule has 0 saturated heterocycles. The number of fused-ring (bicyclic) bond motifs is 4. The number of benzene rings is 2. The van der Waals surface area contributed by atoms with Gasteiger partial charge in [-0.2, -0.15) is 0 Å². The Labute approximate surface area is 161 Å². The van der Waals surface area contributed by atoms with E-state index in [2.05, 4.69) is 10.3 Å². The lowest BCUT2D eigenvalue weighted by Crippen LogP contribution is -2.31. The van der Waals surface area contributed by atoms with Crippen LogP contribution in [0.25, 0.3) is 11.0 Å². The lowest BCUT2D eigenvalue weighted by molar-refractivity contribution is 0.297. The fourth-order valence-electron chi connectivity index (χ4n) is 3.61. The van der Waals surface area contributed by atoms with Crippen LogP contribution < -0.4 is 25.3 Å². The molecule has 3 heterocycles. The van der Waals surface area contributed by atoms with Gasteiger partial charge < -0.3 is 19.9 Å². The van der Waals surface area contributed by atoms with Crippen molar-refractivity contribution < 1.29 is 14.2 Å². The smallest absolute Gasteiger partial charge is 0.212 e. The average molecular weight is 379 g/mol. The highest BCUT2D eigenvalue weighted by atomic mass is 16.5. The molecule has 0 aliphatic carbocycles. The maximum absolute atomic E-state index is 6.06. The zero-order valence-corrected chi connectivity index (χ0v) is 15.5. The number of hydrogen-bond donors (Lipinski definition) is 2. The number of aromatic nitrogens is 2. The first kappa shape index (κ1) is 16.7. The molecule has 5 rings (SSSR count). The first-order valence-electron chi connectivity index (χ1n) is 9.38. The van der Waals surface area contributed by atoms with Gasteiger partial charge in [-0.05, 0) is 13.0 Å². The third kappa shape index (κ3) is 2.69. The van der Waals surface area contributed by atoms with Gasteiger partial charge in [0.15, 0.2) is 23.6 Å². The molecule has 28 heavy (non-hydrogen) atoms. The molecule has 8 nitrogen and oxygen atoms in total. The molecule has 0 saturated carbocycles. The summed E-state index contributed by atoms with van der Waals surface area (Å²) >= 11 is 0. The number of nitrogens with two attached hydrogens (primary N) is 1. The number of para-hydroxylation sites is 1. The number of anilines is 1. The van der Waals surface area contributed by atoms with E-state index < -0.39 is 6.17 Å². The van der Waals surface area contributed by atoms with E-state index in [9.17, 15) is 0 Å². The number of ether oxygens (including phenoxy) is 3. The molecule has 1 atom stereocenters. The molecule has 0 radical (unpaired) electrons. The average Bonchev–Trinajstić information content (AvgIpc) is 2.88. The van der Waals surface area contributed by atoms with Crippen LogP contribution in [0.3, 0.4) is 0 Å². The van der Waals surface area contributed by atoms with Crippen LogP contribution >= 0.6 is 0 Å². The Morgan fingerprint density at radius 3 is 2.82 bits per heavy atom. The molecule has 2 aliphatic heterocycles. The standard InChI is InChI=1S/C20H21N5O3/c1-2-26-15-7-4-3-6-12(15)18-23-19(21)24-20-22-13-10-16-17(11-14(13)25(18)20)28-9-5-8-27-16/h3-4,6-7,10-11,18H,2,5,8-9H2,1H3,(H3,21,22,23,24). The number of aliphatic imine (C=N–C) groups is 1. The number of guanidine groups is 1. The van der Waals surface area contributed by atoms with Crippen LogP contribution in [-0.2, 0) is 0 Å². The van der Waals surface area contributed by atoms with E-state index in [-0.39, 0.29) is 0 Å². The minimum absolute atomic E-state index is 0.313. The number of hydrogen-bond acceptors (Lipinski definition) is 7. The molecule has 2 aliphatic rings. The molecule has 3 N–H and O–H groups in total. The summed E-state index contributed by atoms with van der Waals surface area (Å²) in [6.07, 6.45) is 0.457. The quantitative estimate of drug-likeness (QED) is 0.726. The maximum Gasteiger partial charge on any atom is 0.212 e. The summed E-state index contributed by atoms with van der Waals surface area (Å²) in [6.45, 7) is 3.78. The van der Waals surface area contributed by atoms with Crippen LogP contribution in [0.4, 0.5) is 5.95 Å². The Morgan fingerprint density at radius 1 is 1.21 bits per heavy atom. The van der Waals surface area contributed by atoms with Crippen molar-refractivity contribution in [2.45, 2.75) is 19.5 Å². The van der Waals surface area contributed by atoms with Gasteiger partial charge in [-0.15, -0.1) is 0 Å². The van der Waals surface area contributed by atoms with Gasteiger partial charge in [-0.1, -0.05) is 18.2 Å². The van der Waals surface area contributed by atoms with Gasteiger partial charge in [-0.3, -0.25) is 9.88 Å². The lowest BCUT2D eigenvalue weighted by atomic mass is 10.1. The number of rotatable bonds is 3. The Balaban J connectivity index is 1.70. The maximum atomic E-state index is 6.06. The summed E-state index contributed by atoms with van der Waals surface area (Å²) in [5.41, 5.74) is 8.66. The van der Waals surface area contributed by atoms with Gasteiger partial charge >= 0.3 is 0 Å². The van der Waals surface area contributed by atoms with Gasteiger partial charge in [-0.25, -0.2) is 9.98 Å². The Morgan fingerprint density at radius 2 is 2.00 bits per heavy atom. The van der Waals surface area contributed by atoms with E-state index in [0.29, 0.717) is 43.2 Å². The zero-order chi connectivity index (χ0) is 19.1. The molecule has 0 fully saturated rings. The van der Waals surface area contributed by atoms with Crippen molar-refractivity contribution >= 4 is 22.9 Å². The Bertz CT molecular complexity index is 1080. The van der Waals surface area contributed by atoms with Crippen molar-refractivity contribution in [3.63, 3.8) is 0 Å². The molecule has 1 aromatic heterocycles. The largest absolute Gasteiger partial charge is 0.493 e. The molecular formula is C20H21N5O3. The highest BCUT2D eigenvalue weighted by molar-refractivity contribution is 5.95. The van der Waals surface area contributed by atoms with Crippen LogP contribution in [0.1, 0.15) is 25.1 Å². The molecule has 0 bridgehead atoms. The second-order valence-corrected chi connectivity index (χ2v) is 6.63. The summed E-state index contributed by atoms with van der Waals surface area (Å²) < 4.78 is 19.5. The van der Waals surface area contributed by atoms with Gasteiger partial charge in [0.1, 0.15) is 5.75 Å². The summed E-state index contributed by atoms with van der Waals surface area (Å²) in [5.74, 6) is 3.13. The van der Waals surface area contributed by atoms with Crippen molar-refractivity contribution in [2.24, 2.45) is 10.7 Å². The normalized spacial score (nSPS) is 18.0. The van der Waals surface area contributed by atoms with Crippen molar-refractivity contribution in [1.29, 1.82) is 0 Å². The van der Waals surface area contributed by atoms with Crippen LogP contribution in [0.5, 0.6) is 17.2 Å². The van der Waals surface area contributed by atoms with Gasteiger partial charge in [0, 0.05) is 24.1 Å². The van der Waals surface area contributed by atoms with Crippen LogP contribution in [0, 0.1) is 0 Å². The Hall–Kier alpha value is -3.42. The van der Waals surface area contributed by atoms with Crippen molar-refractivity contribution in [3.05, 3.63) is 42.0 Å².